The Morgan fingerprint density at radius 1 is 0.805 bits per heavy atom. The molecule has 3 amide bonds. The summed E-state index contributed by atoms with van der Waals surface area (Å²) in [5.41, 5.74) is 2.02. The van der Waals surface area contributed by atoms with Gasteiger partial charge in [-0.05, 0) is 35.8 Å². The molecule has 4 N–H and O–H groups in total. The molecule has 41 heavy (non-hydrogen) atoms. The fourth-order valence-electron chi connectivity index (χ4n) is 4.62. The van der Waals surface area contributed by atoms with Crippen LogP contribution in [0.2, 0.25) is 0 Å². The van der Waals surface area contributed by atoms with Crippen LogP contribution in [-0.4, -0.2) is 81.6 Å². The van der Waals surface area contributed by atoms with Crippen LogP contribution < -0.4 is 10.8 Å². The number of rotatable bonds is 6. The van der Waals surface area contributed by atoms with Gasteiger partial charge in [0, 0.05) is 48.9 Å². The number of carbonyl (C=O) groups excluding carboxylic acids is 4. The molecule has 0 aliphatic carbocycles. The Bertz CT molecular complexity index is 1610. The van der Waals surface area contributed by atoms with Crippen molar-refractivity contribution in [2.75, 3.05) is 31.5 Å². The summed E-state index contributed by atoms with van der Waals surface area (Å²) < 4.78 is 0. The molecule has 206 valence electrons. The highest BCUT2D eigenvalue weighted by molar-refractivity contribution is 6.58. The van der Waals surface area contributed by atoms with Crippen molar-refractivity contribution in [3.05, 3.63) is 95.7 Å². The molecule has 1 aliphatic rings. The zero-order valence-electron chi connectivity index (χ0n) is 22.0. The lowest BCUT2D eigenvalue weighted by atomic mass is 9.79. The van der Waals surface area contributed by atoms with Crippen molar-refractivity contribution in [2.45, 2.75) is 0 Å². The number of hydrogen-bond donors (Lipinski definition) is 4. The van der Waals surface area contributed by atoms with Crippen molar-refractivity contribution >= 4 is 52.7 Å². The van der Waals surface area contributed by atoms with Gasteiger partial charge in [-0.2, -0.15) is 0 Å². The average molecular weight is 550 g/mol. The summed E-state index contributed by atoms with van der Waals surface area (Å²) in [5.74, 6) is -1.93. The van der Waals surface area contributed by atoms with Gasteiger partial charge in [-0.3, -0.25) is 19.2 Å². The molecule has 0 radical (unpaired) electrons. The Morgan fingerprint density at radius 3 is 2.12 bits per heavy atom. The van der Waals surface area contributed by atoms with Crippen molar-refractivity contribution in [2.24, 2.45) is 0 Å². The summed E-state index contributed by atoms with van der Waals surface area (Å²) >= 11 is 0. The number of nitrogens with one attached hydrogen (secondary N) is 2. The first-order valence-corrected chi connectivity index (χ1v) is 12.7. The van der Waals surface area contributed by atoms with Gasteiger partial charge in [0.15, 0.2) is 0 Å². The third-order valence-corrected chi connectivity index (χ3v) is 6.72. The highest BCUT2D eigenvalue weighted by atomic mass is 16.4. The van der Waals surface area contributed by atoms with E-state index in [-0.39, 0.29) is 35.6 Å². The number of amides is 3. The van der Waals surface area contributed by atoms with Crippen LogP contribution in [0, 0.1) is 12.8 Å². The number of piperazine rings is 1. The average Bonchev–Trinajstić information content (AvgIpc) is 3.47. The lowest BCUT2D eigenvalue weighted by Crippen LogP contribution is -2.52. The zero-order valence-corrected chi connectivity index (χ0v) is 22.0. The second kappa shape index (κ2) is 12.8. The number of Topliss-reactive ketones (excluding diaryl/α,β-unsaturated/α-hetero) is 1. The number of fused-ring (bicyclic) bond motifs is 1. The SMILES string of the molecule is C#C.O=C(Nc1cccc2c(C(=O)C(=O)N3CCN(C(=O)c4ccccc4)CC3)c[nH]c12)c1cccc(B(O)O)c1. The van der Waals surface area contributed by atoms with Crippen LogP contribution in [0.25, 0.3) is 10.9 Å². The minimum absolute atomic E-state index is 0.112. The first-order valence-electron chi connectivity index (χ1n) is 12.7. The van der Waals surface area contributed by atoms with Crippen LogP contribution in [0.1, 0.15) is 31.1 Å². The molecule has 3 aromatic carbocycles. The molecule has 2 heterocycles. The molecule has 1 fully saturated rings. The van der Waals surface area contributed by atoms with E-state index < -0.39 is 24.7 Å². The molecule has 0 spiro atoms. The van der Waals surface area contributed by atoms with Crippen LogP contribution in [0.15, 0.2) is 79.0 Å². The number of anilines is 1. The zero-order chi connectivity index (χ0) is 29.5. The van der Waals surface area contributed by atoms with Gasteiger partial charge in [-0.1, -0.05) is 42.5 Å². The summed E-state index contributed by atoms with van der Waals surface area (Å²) in [6, 6.07) is 19.9. The van der Waals surface area contributed by atoms with E-state index in [0.717, 1.165) is 0 Å². The molecule has 1 aromatic heterocycles. The number of H-pyrrole nitrogens is 1. The van der Waals surface area contributed by atoms with Gasteiger partial charge in [0.05, 0.1) is 16.8 Å². The van der Waals surface area contributed by atoms with E-state index in [2.05, 4.69) is 23.1 Å². The molecule has 11 heteroatoms. The highest BCUT2D eigenvalue weighted by Crippen LogP contribution is 2.27. The second-order valence-corrected chi connectivity index (χ2v) is 9.16. The predicted octanol–water partition coefficient (Wildman–Crippen LogP) is 1.52. The van der Waals surface area contributed by atoms with Crippen molar-refractivity contribution in [1.82, 2.24) is 14.8 Å². The molecular formula is C30H27BN4O6. The number of aromatic amines is 1. The van der Waals surface area contributed by atoms with E-state index in [1.807, 2.05) is 6.07 Å². The number of benzene rings is 3. The monoisotopic (exact) mass is 550 g/mol. The first-order chi connectivity index (χ1) is 19.8. The molecule has 0 saturated carbocycles. The number of para-hydroxylation sites is 1. The van der Waals surface area contributed by atoms with Gasteiger partial charge >= 0.3 is 7.12 Å². The van der Waals surface area contributed by atoms with Gasteiger partial charge in [0.2, 0.25) is 0 Å². The number of terminal acetylenes is 1. The molecule has 0 unspecified atom stereocenters. The second-order valence-electron chi connectivity index (χ2n) is 9.16. The van der Waals surface area contributed by atoms with Gasteiger partial charge in [0.1, 0.15) is 0 Å². The van der Waals surface area contributed by atoms with Crippen LogP contribution in [0.5, 0.6) is 0 Å². The minimum Gasteiger partial charge on any atom is -0.423 e. The first kappa shape index (κ1) is 28.8. The molecule has 0 bridgehead atoms. The third kappa shape index (κ3) is 6.20. The van der Waals surface area contributed by atoms with Crippen molar-refractivity contribution in [3.8, 4) is 12.8 Å². The van der Waals surface area contributed by atoms with Crippen LogP contribution in [-0.2, 0) is 4.79 Å². The summed E-state index contributed by atoms with van der Waals surface area (Å²) in [5, 5.41) is 22.0. The number of hydrogen-bond acceptors (Lipinski definition) is 6. The van der Waals surface area contributed by atoms with Gasteiger partial charge in [0.25, 0.3) is 23.5 Å². The van der Waals surface area contributed by atoms with Gasteiger partial charge < -0.3 is 30.1 Å². The summed E-state index contributed by atoms with van der Waals surface area (Å²) in [7, 11) is -1.71. The number of aromatic nitrogens is 1. The Labute approximate surface area is 236 Å². The number of nitrogens with zero attached hydrogens (tertiary/aromatic N) is 2. The quantitative estimate of drug-likeness (QED) is 0.124. The van der Waals surface area contributed by atoms with Crippen molar-refractivity contribution < 1.29 is 29.2 Å². The van der Waals surface area contributed by atoms with Crippen molar-refractivity contribution in [3.63, 3.8) is 0 Å². The minimum atomic E-state index is -1.71. The van der Waals surface area contributed by atoms with Crippen LogP contribution in [0.4, 0.5) is 5.69 Å². The molecule has 4 aromatic rings. The van der Waals surface area contributed by atoms with Gasteiger partial charge in [-0.15, -0.1) is 12.8 Å². The fourth-order valence-corrected chi connectivity index (χ4v) is 4.62. The smallest absolute Gasteiger partial charge is 0.423 e. The molecule has 5 rings (SSSR count). The Hall–Kier alpha value is -5.18. The van der Waals surface area contributed by atoms with Crippen molar-refractivity contribution in [1.29, 1.82) is 0 Å². The molecular weight excluding hydrogens is 523 g/mol. The molecule has 10 nitrogen and oxygen atoms in total. The van der Waals surface area contributed by atoms with E-state index in [4.69, 9.17) is 0 Å². The number of carbonyl (C=O) groups is 4. The highest BCUT2D eigenvalue weighted by Gasteiger charge is 2.30. The number of ketones is 1. The summed E-state index contributed by atoms with van der Waals surface area (Å²) in [6.07, 6.45) is 9.44. The Balaban J connectivity index is 0.00000189. The summed E-state index contributed by atoms with van der Waals surface area (Å²) in [6.45, 7) is 1.14. The maximum Gasteiger partial charge on any atom is 0.488 e. The predicted molar refractivity (Wildman–Crippen MR) is 156 cm³/mol. The third-order valence-electron chi connectivity index (χ3n) is 6.72. The van der Waals surface area contributed by atoms with Gasteiger partial charge in [-0.25, -0.2) is 0 Å². The summed E-state index contributed by atoms with van der Waals surface area (Å²) in [4.78, 5) is 57.9. The standard InChI is InChI=1S/C28H25BN4O6.C2H2/c34-25(28(37)33-14-12-32(13-15-33)27(36)18-6-2-1-3-7-18)22-17-30-24-21(22)10-5-11-23(24)31-26(35)19-8-4-9-20(16-19)29(38)39;1-2/h1-11,16-17,30,38-39H,12-15H2,(H,31,35);1-2H. The normalized spacial score (nSPS) is 12.7. The Kier molecular flexibility index (Phi) is 8.99. The molecule has 0 atom stereocenters. The van der Waals surface area contributed by atoms with E-state index in [9.17, 15) is 29.2 Å². The van der Waals surface area contributed by atoms with E-state index >= 15 is 0 Å². The maximum absolute atomic E-state index is 13.2. The largest absolute Gasteiger partial charge is 0.488 e. The Morgan fingerprint density at radius 2 is 1.44 bits per heavy atom. The lowest BCUT2D eigenvalue weighted by molar-refractivity contribution is -0.127. The van der Waals surface area contributed by atoms with E-state index in [1.54, 1.807) is 53.4 Å². The topological polar surface area (TPSA) is 143 Å². The van der Waals surface area contributed by atoms with Crippen LogP contribution in [0.3, 0.4) is 0 Å². The lowest BCUT2D eigenvalue weighted by Gasteiger charge is -2.34. The maximum atomic E-state index is 13.2. The van der Waals surface area contributed by atoms with E-state index in [1.165, 1.54) is 29.3 Å². The van der Waals surface area contributed by atoms with Crippen LogP contribution >= 0.6 is 0 Å². The fraction of sp³-hybridized carbons (Fsp3) is 0.133. The molecule has 1 saturated heterocycles. The molecule has 1 aliphatic heterocycles. The van der Waals surface area contributed by atoms with E-state index in [0.29, 0.717) is 35.2 Å².